The largest absolute Gasteiger partial charge is 0.594 e. The lowest BCUT2D eigenvalue weighted by Gasteiger charge is -2.10. The molecule has 0 aliphatic heterocycles. The molecule has 3 aromatic rings. The van der Waals surface area contributed by atoms with Gasteiger partial charge < -0.3 is 5.21 Å². The van der Waals surface area contributed by atoms with Gasteiger partial charge in [0.25, 0.3) is 15.7 Å². The molecule has 0 bridgehead atoms. The van der Waals surface area contributed by atoms with E-state index in [0.717, 1.165) is 0 Å². The standard InChI is InChI=1S/C18H15N3O3S/c22-21(19-15-9-3-1-4-10-15)18-14-8-7-13-17(18)20-25(23,24)16-11-5-2-6-12-16/h1-14,20H. The molecular weight excluding hydrogens is 338 g/mol. The Hall–Kier alpha value is -3.19. The number of nitrogens with one attached hydrogen (secondary N) is 1. The van der Waals surface area contributed by atoms with E-state index in [9.17, 15) is 13.6 Å². The van der Waals surface area contributed by atoms with Gasteiger partial charge in [0, 0.05) is 11.2 Å². The summed E-state index contributed by atoms with van der Waals surface area (Å²) in [6.45, 7) is 0. The Morgan fingerprint density at radius 1 is 0.800 bits per heavy atom. The van der Waals surface area contributed by atoms with Gasteiger partial charge in [0.1, 0.15) is 11.4 Å². The molecule has 0 amide bonds. The SMILES string of the molecule is O=S(=O)(Nc1ccccc1[N+]([O-])=Nc1ccccc1)c1ccccc1. The van der Waals surface area contributed by atoms with E-state index in [1.807, 2.05) is 6.07 Å². The van der Waals surface area contributed by atoms with Crippen LogP contribution < -0.4 is 4.72 Å². The summed E-state index contributed by atoms with van der Waals surface area (Å²) < 4.78 is 27.4. The van der Waals surface area contributed by atoms with Crippen molar-refractivity contribution in [3.8, 4) is 0 Å². The van der Waals surface area contributed by atoms with Crippen LogP contribution in [-0.2, 0) is 10.0 Å². The van der Waals surface area contributed by atoms with Crippen molar-refractivity contribution in [1.29, 1.82) is 0 Å². The smallest absolute Gasteiger partial charge is 0.268 e. The second-order valence-corrected chi connectivity index (χ2v) is 6.83. The minimum Gasteiger partial charge on any atom is -0.594 e. The van der Waals surface area contributed by atoms with Crippen molar-refractivity contribution < 1.29 is 13.3 Å². The van der Waals surface area contributed by atoms with Crippen LogP contribution in [-0.4, -0.2) is 13.3 Å². The first-order valence-corrected chi connectivity index (χ1v) is 8.95. The first kappa shape index (κ1) is 16.7. The third-order valence-electron chi connectivity index (χ3n) is 3.37. The number of nitrogens with zero attached hydrogens (tertiary/aromatic N) is 2. The van der Waals surface area contributed by atoms with Gasteiger partial charge in [0.15, 0.2) is 0 Å². The summed E-state index contributed by atoms with van der Waals surface area (Å²) in [4.78, 5) is 0.514. The molecule has 126 valence electrons. The van der Waals surface area contributed by atoms with Gasteiger partial charge in [-0.3, -0.25) is 4.72 Å². The predicted octanol–water partition coefficient (Wildman–Crippen LogP) is 4.41. The van der Waals surface area contributed by atoms with E-state index >= 15 is 0 Å². The Labute approximate surface area is 145 Å². The summed E-state index contributed by atoms with van der Waals surface area (Å²) in [6, 6.07) is 22.9. The van der Waals surface area contributed by atoms with E-state index in [0.29, 0.717) is 10.5 Å². The number of hydrogen-bond acceptors (Lipinski definition) is 4. The molecule has 6 nitrogen and oxygen atoms in total. The molecule has 0 heterocycles. The number of azo groups is 1. The van der Waals surface area contributed by atoms with E-state index in [1.165, 1.54) is 24.3 Å². The minimum atomic E-state index is -3.80. The van der Waals surface area contributed by atoms with Crippen molar-refractivity contribution in [3.63, 3.8) is 0 Å². The fourth-order valence-corrected chi connectivity index (χ4v) is 3.28. The highest BCUT2D eigenvalue weighted by molar-refractivity contribution is 7.92. The maximum Gasteiger partial charge on any atom is 0.268 e. The van der Waals surface area contributed by atoms with Gasteiger partial charge in [-0.25, -0.2) is 8.42 Å². The first-order valence-electron chi connectivity index (χ1n) is 7.47. The molecule has 1 N–H and O–H groups in total. The summed E-state index contributed by atoms with van der Waals surface area (Å²) in [7, 11) is -3.80. The van der Waals surface area contributed by atoms with Crippen LogP contribution in [0.4, 0.5) is 17.1 Å². The van der Waals surface area contributed by atoms with Crippen LogP contribution in [0.15, 0.2) is 94.9 Å². The van der Waals surface area contributed by atoms with Crippen LogP contribution in [0, 0.1) is 5.21 Å². The highest BCUT2D eigenvalue weighted by Gasteiger charge is 2.19. The molecule has 0 saturated carbocycles. The molecular formula is C18H15N3O3S. The van der Waals surface area contributed by atoms with Crippen molar-refractivity contribution in [2.75, 3.05) is 4.72 Å². The zero-order chi connectivity index (χ0) is 17.7. The topological polar surface area (TPSA) is 84.6 Å². The fraction of sp³-hybridized carbons (Fsp3) is 0. The summed E-state index contributed by atoms with van der Waals surface area (Å²) in [5.74, 6) is 0. The Kier molecular flexibility index (Phi) is 4.76. The van der Waals surface area contributed by atoms with Gasteiger partial charge in [-0.2, -0.15) is 0 Å². The van der Waals surface area contributed by atoms with Crippen LogP contribution in [0.5, 0.6) is 0 Å². The molecule has 0 spiro atoms. The van der Waals surface area contributed by atoms with Gasteiger partial charge in [-0.1, -0.05) is 48.5 Å². The molecule has 0 fully saturated rings. The molecule has 0 aliphatic rings. The van der Waals surface area contributed by atoms with Gasteiger partial charge in [-0.15, -0.1) is 0 Å². The summed E-state index contributed by atoms with van der Waals surface area (Å²) in [6.07, 6.45) is 0. The molecule has 0 atom stereocenters. The second-order valence-electron chi connectivity index (χ2n) is 5.14. The van der Waals surface area contributed by atoms with Crippen LogP contribution >= 0.6 is 0 Å². The molecule has 3 rings (SSSR count). The van der Waals surface area contributed by atoms with E-state index in [2.05, 4.69) is 9.84 Å². The molecule has 3 aromatic carbocycles. The summed E-state index contributed by atoms with van der Waals surface area (Å²) >= 11 is 0. The number of para-hydroxylation sites is 2. The Morgan fingerprint density at radius 3 is 2.04 bits per heavy atom. The van der Waals surface area contributed by atoms with E-state index < -0.39 is 10.0 Å². The molecule has 0 unspecified atom stereocenters. The number of rotatable bonds is 5. The van der Waals surface area contributed by atoms with E-state index in [-0.39, 0.29) is 16.3 Å². The van der Waals surface area contributed by atoms with Gasteiger partial charge in [0.05, 0.1) is 4.90 Å². The fourth-order valence-electron chi connectivity index (χ4n) is 2.18. The zero-order valence-electron chi connectivity index (χ0n) is 13.1. The average molecular weight is 353 g/mol. The highest BCUT2D eigenvalue weighted by atomic mass is 32.2. The van der Waals surface area contributed by atoms with Gasteiger partial charge in [0.2, 0.25) is 0 Å². The molecule has 0 radical (unpaired) electrons. The number of sulfonamides is 1. The van der Waals surface area contributed by atoms with Crippen LogP contribution in [0.1, 0.15) is 0 Å². The van der Waals surface area contributed by atoms with E-state index in [4.69, 9.17) is 0 Å². The van der Waals surface area contributed by atoms with Crippen molar-refractivity contribution in [1.82, 2.24) is 0 Å². The van der Waals surface area contributed by atoms with Crippen LogP contribution in [0.25, 0.3) is 0 Å². The highest BCUT2D eigenvalue weighted by Crippen LogP contribution is 2.28. The van der Waals surface area contributed by atoms with Crippen molar-refractivity contribution in [2.24, 2.45) is 5.11 Å². The van der Waals surface area contributed by atoms with Crippen molar-refractivity contribution in [2.45, 2.75) is 4.90 Å². The molecule has 7 heteroatoms. The molecule has 0 saturated heterocycles. The number of hydrogen-bond donors (Lipinski definition) is 1. The lowest BCUT2D eigenvalue weighted by Crippen LogP contribution is -2.13. The van der Waals surface area contributed by atoms with Crippen LogP contribution in [0.3, 0.4) is 0 Å². The first-order chi connectivity index (χ1) is 12.1. The maximum atomic E-state index is 12.5. The van der Waals surface area contributed by atoms with Crippen molar-refractivity contribution >= 4 is 27.1 Å². The third-order valence-corrected chi connectivity index (χ3v) is 4.75. The number of anilines is 1. The zero-order valence-corrected chi connectivity index (χ0v) is 13.9. The Balaban J connectivity index is 1.96. The number of benzene rings is 3. The molecule has 25 heavy (non-hydrogen) atoms. The summed E-state index contributed by atoms with van der Waals surface area (Å²) in [5, 5.41) is 16.3. The average Bonchev–Trinajstić information content (AvgIpc) is 2.63. The molecule has 0 aliphatic carbocycles. The van der Waals surface area contributed by atoms with E-state index in [1.54, 1.807) is 54.6 Å². The second kappa shape index (κ2) is 7.14. The Bertz CT molecular complexity index is 988. The Morgan fingerprint density at radius 2 is 1.36 bits per heavy atom. The van der Waals surface area contributed by atoms with Crippen molar-refractivity contribution in [3.05, 3.63) is 90.1 Å². The maximum absolute atomic E-state index is 12.5. The summed E-state index contributed by atoms with van der Waals surface area (Å²) in [5.41, 5.74) is 0.727. The third kappa shape index (κ3) is 4.02. The van der Waals surface area contributed by atoms with Crippen LogP contribution in [0.2, 0.25) is 0 Å². The monoisotopic (exact) mass is 353 g/mol. The normalized spacial score (nSPS) is 11.9. The minimum absolute atomic E-state index is 0.103. The lowest BCUT2D eigenvalue weighted by molar-refractivity contribution is -0.434. The lowest BCUT2D eigenvalue weighted by atomic mass is 10.3. The molecule has 0 aromatic heterocycles. The quantitative estimate of drug-likeness (QED) is 0.419. The van der Waals surface area contributed by atoms with Gasteiger partial charge >= 0.3 is 0 Å². The predicted molar refractivity (Wildman–Crippen MR) is 95.5 cm³/mol. The van der Waals surface area contributed by atoms with Gasteiger partial charge in [-0.05, 0) is 35.2 Å².